The van der Waals surface area contributed by atoms with Gasteiger partial charge in [-0.1, -0.05) is 0 Å². The van der Waals surface area contributed by atoms with Gasteiger partial charge in [0.25, 0.3) is 0 Å². The molecule has 0 bridgehead atoms. The minimum absolute atomic E-state index is 0.0638. The summed E-state index contributed by atoms with van der Waals surface area (Å²) in [5, 5.41) is 22.0. The first-order valence-corrected chi connectivity index (χ1v) is 7.12. The Hall–Kier alpha value is -1.21. The number of aromatic nitrogens is 1. The van der Waals surface area contributed by atoms with Gasteiger partial charge in [-0.25, -0.2) is 4.98 Å². The van der Waals surface area contributed by atoms with Crippen LogP contribution in [0.4, 0.5) is 0 Å². The predicted octanol–water partition coefficient (Wildman–Crippen LogP) is 1.50. The van der Waals surface area contributed by atoms with Crippen molar-refractivity contribution in [2.24, 2.45) is 0 Å². The van der Waals surface area contributed by atoms with Crippen LogP contribution in [0.25, 0.3) is 11.5 Å². The fourth-order valence-corrected chi connectivity index (χ4v) is 2.48. The minimum atomic E-state index is 0.0638. The number of nitrogens with zero attached hydrogens (tertiary/aromatic N) is 2. The summed E-state index contributed by atoms with van der Waals surface area (Å²) in [6.07, 6.45) is 0. The molecule has 6 heteroatoms. The molecule has 2 aromatic rings. The predicted molar refractivity (Wildman–Crippen MR) is 74.0 cm³/mol. The highest BCUT2D eigenvalue weighted by Gasteiger charge is 2.14. The van der Waals surface area contributed by atoms with Crippen molar-refractivity contribution in [1.29, 1.82) is 0 Å². The highest BCUT2D eigenvalue weighted by Crippen LogP contribution is 2.24. The minimum Gasteiger partial charge on any atom is -0.441 e. The topological polar surface area (TPSA) is 69.7 Å². The summed E-state index contributed by atoms with van der Waals surface area (Å²) in [7, 11) is 0. The molecule has 0 atom stereocenters. The van der Waals surface area contributed by atoms with Gasteiger partial charge in [0, 0.05) is 30.6 Å². The molecule has 5 nitrogen and oxygen atoms in total. The molecule has 0 aliphatic carbocycles. The van der Waals surface area contributed by atoms with Crippen molar-refractivity contribution < 1.29 is 14.6 Å². The molecule has 104 valence electrons. The zero-order chi connectivity index (χ0) is 13.7. The summed E-state index contributed by atoms with van der Waals surface area (Å²) >= 11 is 1.60. The molecular formula is C13H18N2O3S. The lowest BCUT2D eigenvalue weighted by molar-refractivity contribution is 0.154. The highest BCUT2D eigenvalue weighted by atomic mass is 32.1. The Labute approximate surface area is 116 Å². The van der Waals surface area contributed by atoms with E-state index in [-0.39, 0.29) is 13.2 Å². The van der Waals surface area contributed by atoms with Gasteiger partial charge >= 0.3 is 0 Å². The molecule has 0 aliphatic rings. The zero-order valence-electron chi connectivity index (χ0n) is 10.9. The van der Waals surface area contributed by atoms with Gasteiger partial charge in [-0.3, -0.25) is 4.90 Å². The Kier molecular flexibility index (Phi) is 5.09. The van der Waals surface area contributed by atoms with Crippen LogP contribution in [0.1, 0.15) is 11.5 Å². The maximum atomic E-state index is 9.00. The smallest absolute Gasteiger partial charge is 0.227 e. The molecule has 2 aromatic heterocycles. The van der Waals surface area contributed by atoms with Crippen LogP contribution < -0.4 is 0 Å². The second-order valence-corrected chi connectivity index (χ2v) is 5.04. The summed E-state index contributed by atoms with van der Waals surface area (Å²) in [5.41, 5.74) is 1.83. The SMILES string of the molecule is Cc1oc(-c2ccsc2)nc1CN(CCO)CCO. The number of rotatable bonds is 7. The van der Waals surface area contributed by atoms with Gasteiger partial charge in [0.1, 0.15) is 5.76 Å². The Bertz CT molecular complexity index is 490. The molecule has 0 unspecified atom stereocenters. The van der Waals surface area contributed by atoms with E-state index < -0.39 is 0 Å². The maximum absolute atomic E-state index is 9.00. The lowest BCUT2D eigenvalue weighted by atomic mass is 10.3. The fraction of sp³-hybridized carbons (Fsp3) is 0.462. The number of aliphatic hydroxyl groups is 2. The standard InChI is InChI=1S/C13H18N2O3S/c1-10-12(8-15(3-5-16)4-6-17)14-13(18-10)11-2-7-19-9-11/h2,7,9,16-17H,3-6,8H2,1H3. The van der Waals surface area contributed by atoms with E-state index in [1.807, 2.05) is 28.7 Å². The van der Waals surface area contributed by atoms with Crippen molar-refractivity contribution in [2.75, 3.05) is 26.3 Å². The van der Waals surface area contributed by atoms with E-state index in [2.05, 4.69) is 4.98 Å². The van der Waals surface area contributed by atoms with Crippen LogP contribution in [0.5, 0.6) is 0 Å². The van der Waals surface area contributed by atoms with Crippen molar-refractivity contribution in [2.45, 2.75) is 13.5 Å². The highest BCUT2D eigenvalue weighted by molar-refractivity contribution is 7.08. The van der Waals surface area contributed by atoms with Gasteiger partial charge in [-0.05, 0) is 18.4 Å². The number of hydrogen-bond acceptors (Lipinski definition) is 6. The van der Waals surface area contributed by atoms with Gasteiger partial charge < -0.3 is 14.6 Å². The Balaban J connectivity index is 2.11. The first-order valence-electron chi connectivity index (χ1n) is 6.17. The van der Waals surface area contributed by atoms with Gasteiger partial charge in [-0.15, -0.1) is 0 Å². The molecule has 0 aromatic carbocycles. The van der Waals surface area contributed by atoms with E-state index in [9.17, 15) is 0 Å². The van der Waals surface area contributed by atoms with Crippen molar-refractivity contribution in [3.63, 3.8) is 0 Å². The molecule has 2 heterocycles. The Morgan fingerprint density at radius 2 is 2.05 bits per heavy atom. The molecule has 2 rings (SSSR count). The monoisotopic (exact) mass is 282 g/mol. The normalized spacial score (nSPS) is 11.4. The molecule has 0 aliphatic heterocycles. The summed E-state index contributed by atoms with van der Waals surface area (Å²) < 4.78 is 5.66. The molecule has 0 fully saturated rings. The van der Waals surface area contributed by atoms with E-state index in [1.165, 1.54) is 0 Å². The van der Waals surface area contributed by atoms with E-state index >= 15 is 0 Å². The van der Waals surface area contributed by atoms with Crippen LogP contribution in [0.15, 0.2) is 21.2 Å². The van der Waals surface area contributed by atoms with Crippen molar-refractivity contribution in [1.82, 2.24) is 9.88 Å². The van der Waals surface area contributed by atoms with Crippen LogP contribution in [-0.4, -0.2) is 46.4 Å². The molecule has 0 saturated carbocycles. The van der Waals surface area contributed by atoms with Crippen LogP contribution in [-0.2, 0) is 6.54 Å². The zero-order valence-corrected chi connectivity index (χ0v) is 11.7. The van der Waals surface area contributed by atoms with Crippen LogP contribution in [0.2, 0.25) is 0 Å². The van der Waals surface area contributed by atoms with Crippen LogP contribution >= 0.6 is 11.3 Å². The maximum Gasteiger partial charge on any atom is 0.227 e. The number of thiophene rings is 1. The average Bonchev–Trinajstić information content (AvgIpc) is 3.00. The number of hydrogen-bond donors (Lipinski definition) is 2. The summed E-state index contributed by atoms with van der Waals surface area (Å²) in [6, 6.07) is 1.97. The van der Waals surface area contributed by atoms with E-state index in [4.69, 9.17) is 14.6 Å². The van der Waals surface area contributed by atoms with E-state index in [1.54, 1.807) is 11.3 Å². The lowest BCUT2D eigenvalue weighted by Gasteiger charge is -2.18. The van der Waals surface area contributed by atoms with Crippen molar-refractivity contribution in [3.05, 3.63) is 28.3 Å². The molecule has 19 heavy (non-hydrogen) atoms. The van der Waals surface area contributed by atoms with Gasteiger partial charge in [0.2, 0.25) is 5.89 Å². The van der Waals surface area contributed by atoms with Crippen molar-refractivity contribution in [3.8, 4) is 11.5 Å². The Morgan fingerprint density at radius 1 is 1.32 bits per heavy atom. The van der Waals surface area contributed by atoms with Gasteiger partial charge in [-0.2, -0.15) is 11.3 Å². The first kappa shape index (κ1) is 14.2. The molecule has 0 amide bonds. The van der Waals surface area contributed by atoms with Crippen molar-refractivity contribution >= 4 is 11.3 Å². The third-order valence-electron chi connectivity index (χ3n) is 2.87. The molecule has 0 spiro atoms. The largest absolute Gasteiger partial charge is 0.441 e. The molecule has 2 N–H and O–H groups in total. The summed E-state index contributed by atoms with van der Waals surface area (Å²) in [6.45, 7) is 3.61. The molecule has 0 saturated heterocycles. The summed E-state index contributed by atoms with van der Waals surface area (Å²) in [4.78, 5) is 6.44. The third-order valence-corrected chi connectivity index (χ3v) is 3.55. The molecular weight excluding hydrogens is 264 g/mol. The van der Waals surface area contributed by atoms with E-state index in [0.29, 0.717) is 25.5 Å². The second-order valence-electron chi connectivity index (χ2n) is 4.26. The number of aliphatic hydroxyl groups excluding tert-OH is 2. The summed E-state index contributed by atoms with van der Waals surface area (Å²) in [5.74, 6) is 1.41. The fourth-order valence-electron chi connectivity index (χ4n) is 1.85. The lowest BCUT2D eigenvalue weighted by Crippen LogP contribution is -2.29. The quantitative estimate of drug-likeness (QED) is 0.805. The average molecular weight is 282 g/mol. The van der Waals surface area contributed by atoms with Crippen LogP contribution in [0, 0.1) is 6.92 Å². The molecule has 0 radical (unpaired) electrons. The Morgan fingerprint density at radius 3 is 2.63 bits per heavy atom. The second kappa shape index (κ2) is 6.81. The number of aryl methyl sites for hydroxylation is 1. The third kappa shape index (κ3) is 3.63. The number of oxazole rings is 1. The van der Waals surface area contributed by atoms with Crippen LogP contribution in [0.3, 0.4) is 0 Å². The van der Waals surface area contributed by atoms with E-state index in [0.717, 1.165) is 17.0 Å². The first-order chi connectivity index (χ1) is 9.24. The van der Waals surface area contributed by atoms with Gasteiger partial charge in [0.15, 0.2) is 0 Å². The van der Waals surface area contributed by atoms with Gasteiger partial charge in [0.05, 0.1) is 18.9 Å².